The van der Waals surface area contributed by atoms with Crippen molar-refractivity contribution < 1.29 is 19.4 Å². The summed E-state index contributed by atoms with van der Waals surface area (Å²) in [4.78, 5) is 29.1. The summed E-state index contributed by atoms with van der Waals surface area (Å²) in [5.41, 5.74) is 2.58. The van der Waals surface area contributed by atoms with E-state index in [-0.39, 0.29) is 43.1 Å². The van der Waals surface area contributed by atoms with Gasteiger partial charge in [-0.25, -0.2) is 4.79 Å². The Kier molecular flexibility index (Phi) is 5.69. The minimum atomic E-state index is -0.343. The van der Waals surface area contributed by atoms with Gasteiger partial charge in [0.25, 0.3) is 0 Å². The summed E-state index contributed by atoms with van der Waals surface area (Å²) in [6, 6.07) is 14.4. The minimum absolute atomic E-state index is 0.0175. The number of hydrogen-bond donors (Lipinski definition) is 2. The van der Waals surface area contributed by atoms with Crippen LogP contribution in [0, 0.1) is 17.8 Å². The van der Waals surface area contributed by atoms with Crippen molar-refractivity contribution in [1.29, 1.82) is 0 Å². The number of benzene rings is 2. The molecule has 3 amide bonds. The molecule has 2 aromatic carbocycles. The molecule has 1 saturated carbocycles. The van der Waals surface area contributed by atoms with E-state index < -0.39 is 0 Å². The zero-order chi connectivity index (χ0) is 22.9. The molecule has 7 nitrogen and oxygen atoms in total. The van der Waals surface area contributed by atoms with Crippen molar-refractivity contribution in [3.63, 3.8) is 0 Å². The van der Waals surface area contributed by atoms with Gasteiger partial charge in [0, 0.05) is 23.9 Å². The highest BCUT2D eigenvalue weighted by Crippen LogP contribution is 2.43. The first-order chi connectivity index (χ1) is 16.1. The van der Waals surface area contributed by atoms with Crippen molar-refractivity contribution in [2.45, 2.75) is 30.8 Å². The Balaban J connectivity index is 1.31. The standard InChI is InChI=1S/C26H27N3O4/c1-33-23-5-3-2-4-20(23)27-26(32)28-14-21-25(22(16-30)29(21)24(31)15-28)19-12-10-18(11-13-19)9-8-17-6-7-17/h2-5,10-13,17,21-22,25,30H,6-7,14-16H2,1H3,(H,27,32)/t21-,22-,25+/m1/s1. The summed E-state index contributed by atoms with van der Waals surface area (Å²) in [7, 11) is 1.55. The first kappa shape index (κ1) is 21.4. The third kappa shape index (κ3) is 4.14. The summed E-state index contributed by atoms with van der Waals surface area (Å²) >= 11 is 0. The van der Waals surface area contributed by atoms with E-state index in [0.717, 1.165) is 11.1 Å². The number of methoxy groups -OCH3 is 1. The number of ether oxygens (including phenoxy) is 1. The molecule has 0 unspecified atom stereocenters. The highest BCUT2D eigenvalue weighted by Gasteiger charge is 2.54. The number of nitrogens with zero attached hydrogens (tertiary/aromatic N) is 2. The maximum Gasteiger partial charge on any atom is 0.322 e. The zero-order valence-electron chi connectivity index (χ0n) is 18.5. The van der Waals surface area contributed by atoms with Gasteiger partial charge in [0.2, 0.25) is 5.91 Å². The highest BCUT2D eigenvalue weighted by molar-refractivity contribution is 5.94. The minimum Gasteiger partial charge on any atom is -0.495 e. The van der Waals surface area contributed by atoms with Crippen LogP contribution in [0.2, 0.25) is 0 Å². The Morgan fingerprint density at radius 3 is 2.64 bits per heavy atom. The van der Waals surface area contributed by atoms with E-state index >= 15 is 0 Å². The van der Waals surface area contributed by atoms with Gasteiger partial charge in [-0.05, 0) is 42.7 Å². The van der Waals surface area contributed by atoms with Gasteiger partial charge in [-0.3, -0.25) is 4.79 Å². The number of carbonyl (C=O) groups excluding carboxylic acids is 2. The van der Waals surface area contributed by atoms with Crippen molar-refractivity contribution >= 4 is 17.6 Å². The van der Waals surface area contributed by atoms with Crippen LogP contribution < -0.4 is 10.1 Å². The summed E-state index contributed by atoms with van der Waals surface area (Å²) in [5.74, 6) is 7.40. The molecule has 5 rings (SSSR count). The Bertz CT molecular complexity index is 1120. The number of fused-ring (bicyclic) bond motifs is 1. The van der Waals surface area contributed by atoms with Crippen LogP contribution in [0.3, 0.4) is 0 Å². The van der Waals surface area contributed by atoms with E-state index in [1.807, 2.05) is 36.4 Å². The molecule has 3 aliphatic rings. The number of aliphatic hydroxyl groups excluding tert-OH is 1. The van der Waals surface area contributed by atoms with Gasteiger partial charge in [-0.2, -0.15) is 0 Å². The second kappa shape index (κ2) is 8.80. The first-order valence-corrected chi connectivity index (χ1v) is 11.3. The molecule has 0 bridgehead atoms. The lowest BCUT2D eigenvalue weighted by atomic mass is 9.73. The number of rotatable bonds is 4. The largest absolute Gasteiger partial charge is 0.495 e. The van der Waals surface area contributed by atoms with Crippen LogP contribution in [0.15, 0.2) is 48.5 Å². The fourth-order valence-corrected chi connectivity index (χ4v) is 4.80. The normalized spacial score (nSPS) is 23.7. The lowest BCUT2D eigenvalue weighted by Crippen LogP contribution is -2.73. The summed E-state index contributed by atoms with van der Waals surface area (Å²) in [6.45, 7) is 0.275. The number of nitrogens with one attached hydrogen (secondary N) is 1. The van der Waals surface area contributed by atoms with Gasteiger partial charge in [-0.1, -0.05) is 36.1 Å². The molecule has 3 fully saturated rings. The van der Waals surface area contributed by atoms with Crippen LogP contribution in [-0.2, 0) is 4.79 Å². The van der Waals surface area contributed by atoms with Gasteiger partial charge in [0.1, 0.15) is 12.3 Å². The van der Waals surface area contributed by atoms with Crippen molar-refractivity contribution in [2.75, 3.05) is 32.1 Å². The molecular weight excluding hydrogens is 418 g/mol. The van der Waals surface area contributed by atoms with Crippen molar-refractivity contribution in [2.24, 2.45) is 5.92 Å². The molecule has 2 N–H and O–H groups in total. The second-order valence-corrected chi connectivity index (χ2v) is 8.82. The molecule has 1 aliphatic carbocycles. The number of urea groups is 1. The third-order valence-corrected chi connectivity index (χ3v) is 6.68. The lowest BCUT2D eigenvalue weighted by Gasteiger charge is -2.58. The van der Waals surface area contributed by atoms with Crippen LogP contribution in [0.1, 0.15) is 29.9 Å². The first-order valence-electron chi connectivity index (χ1n) is 11.3. The van der Waals surface area contributed by atoms with Gasteiger partial charge in [0.15, 0.2) is 0 Å². The Labute approximate surface area is 193 Å². The van der Waals surface area contributed by atoms with Crippen molar-refractivity contribution in [1.82, 2.24) is 9.80 Å². The molecule has 2 aliphatic heterocycles. The number of amides is 3. The number of hydrogen-bond acceptors (Lipinski definition) is 4. The maximum atomic E-state index is 13.0. The summed E-state index contributed by atoms with van der Waals surface area (Å²) < 4.78 is 5.31. The van der Waals surface area contributed by atoms with Crippen LogP contribution in [0.25, 0.3) is 0 Å². The van der Waals surface area contributed by atoms with E-state index in [9.17, 15) is 14.7 Å². The van der Waals surface area contributed by atoms with E-state index in [1.165, 1.54) is 17.7 Å². The van der Waals surface area contributed by atoms with Crippen LogP contribution in [-0.4, -0.2) is 65.7 Å². The molecule has 0 spiro atoms. The molecule has 7 heteroatoms. The Morgan fingerprint density at radius 1 is 1.18 bits per heavy atom. The lowest BCUT2D eigenvalue weighted by molar-refractivity contribution is -0.159. The Hall–Kier alpha value is -3.50. The molecule has 3 atom stereocenters. The molecular formula is C26H27N3O4. The van der Waals surface area contributed by atoms with Crippen molar-refractivity contribution in [3.8, 4) is 17.6 Å². The fraction of sp³-hybridized carbons (Fsp3) is 0.385. The molecule has 2 saturated heterocycles. The molecule has 2 aromatic rings. The molecule has 170 valence electrons. The summed E-state index contributed by atoms with van der Waals surface area (Å²) in [6.07, 6.45) is 2.38. The number of piperazine rings is 1. The average molecular weight is 446 g/mol. The monoisotopic (exact) mass is 445 g/mol. The van der Waals surface area contributed by atoms with Crippen LogP contribution >= 0.6 is 0 Å². The quantitative estimate of drug-likeness (QED) is 0.709. The number of carbonyl (C=O) groups is 2. The predicted octanol–water partition coefficient (Wildman–Crippen LogP) is 2.66. The maximum absolute atomic E-state index is 13.0. The van der Waals surface area contributed by atoms with Crippen LogP contribution in [0.4, 0.5) is 10.5 Å². The van der Waals surface area contributed by atoms with Crippen molar-refractivity contribution in [3.05, 3.63) is 59.7 Å². The fourth-order valence-electron chi connectivity index (χ4n) is 4.80. The number of para-hydroxylation sites is 2. The third-order valence-electron chi connectivity index (χ3n) is 6.68. The van der Waals surface area contributed by atoms with Gasteiger partial charge in [0.05, 0.1) is 31.5 Å². The zero-order valence-corrected chi connectivity index (χ0v) is 18.5. The SMILES string of the molecule is COc1ccccc1NC(=O)N1CC(=O)N2[C@H](CO)[C@@H](c3ccc(C#CC4CC4)cc3)[C@H]2C1. The molecule has 33 heavy (non-hydrogen) atoms. The van der Waals surface area contributed by atoms with Gasteiger partial charge in [-0.15, -0.1) is 0 Å². The predicted molar refractivity (Wildman–Crippen MR) is 124 cm³/mol. The smallest absolute Gasteiger partial charge is 0.322 e. The van der Waals surface area contributed by atoms with Gasteiger partial charge < -0.3 is 25.0 Å². The van der Waals surface area contributed by atoms with E-state index in [0.29, 0.717) is 23.9 Å². The average Bonchev–Trinajstić information content (AvgIpc) is 3.64. The Morgan fingerprint density at radius 2 is 1.94 bits per heavy atom. The summed E-state index contributed by atoms with van der Waals surface area (Å²) in [5, 5.41) is 12.8. The molecule has 0 aromatic heterocycles. The van der Waals surface area contributed by atoms with Gasteiger partial charge >= 0.3 is 6.03 Å². The van der Waals surface area contributed by atoms with E-state index in [2.05, 4.69) is 17.2 Å². The van der Waals surface area contributed by atoms with E-state index in [4.69, 9.17) is 4.74 Å². The number of aliphatic hydroxyl groups is 1. The topological polar surface area (TPSA) is 82.1 Å². The number of anilines is 1. The highest BCUT2D eigenvalue weighted by atomic mass is 16.5. The molecule has 0 radical (unpaired) electrons. The van der Waals surface area contributed by atoms with E-state index in [1.54, 1.807) is 24.1 Å². The molecule has 2 heterocycles. The second-order valence-electron chi connectivity index (χ2n) is 8.82. The van der Waals surface area contributed by atoms with Crippen LogP contribution in [0.5, 0.6) is 5.75 Å².